The molecule has 0 radical (unpaired) electrons. The molecule has 1 aromatic heterocycles. The van der Waals surface area contributed by atoms with Crippen molar-refractivity contribution >= 4 is 28.3 Å². The second kappa shape index (κ2) is 6.04. The molecule has 0 saturated carbocycles. The summed E-state index contributed by atoms with van der Waals surface area (Å²) in [6, 6.07) is 13.0. The number of nitro groups is 1. The van der Waals surface area contributed by atoms with Crippen LogP contribution in [0.4, 0.5) is 11.4 Å². The summed E-state index contributed by atoms with van der Waals surface area (Å²) in [5.41, 5.74) is 6.16. The average molecular weight is 325 g/mol. The van der Waals surface area contributed by atoms with Gasteiger partial charge in [0.25, 0.3) is 11.6 Å². The zero-order valence-electron chi connectivity index (χ0n) is 12.9. The van der Waals surface area contributed by atoms with Crippen LogP contribution < -0.4 is 11.1 Å². The summed E-state index contributed by atoms with van der Waals surface area (Å²) in [5.74, 6) is 0.167. The molecule has 24 heavy (non-hydrogen) atoms. The van der Waals surface area contributed by atoms with Gasteiger partial charge in [-0.15, -0.1) is 0 Å². The lowest BCUT2D eigenvalue weighted by molar-refractivity contribution is -0.383. The van der Waals surface area contributed by atoms with Gasteiger partial charge < -0.3 is 15.5 Å². The fourth-order valence-corrected chi connectivity index (χ4v) is 2.41. The van der Waals surface area contributed by atoms with Crippen LogP contribution in [0.1, 0.15) is 29.1 Å². The highest BCUT2D eigenvalue weighted by Crippen LogP contribution is 2.25. The number of rotatable bonds is 4. The minimum absolute atomic E-state index is 0.0156. The van der Waals surface area contributed by atoms with Gasteiger partial charge in [-0.25, -0.2) is 0 Å². The Labute approximate surface area is 137 Å². The zero-order valence-corrected chi connectivity index (χ0v) is 12.9. The van der Waals surface area contributed by atoms with E-state index in [1.807, 2.05) is 30.3 Å². The number of nitrogens with zero attached hydrogens (tertiary/aromatic N) is 1. The summed E-state index contributed by atoms with van der Waals surface area (Å²) < 4.78 is 5.70. The van der Waals surface area contributed by atoms with Crippen molar-refractivity contribution in [3.63, 3.8) is 0 Å². The van der Waals surface area contributed by atoms with Crippen molar-refractivity contribution in [2.24, 2.45) is 0 Å². The summed E-state index contributed by atoms with van der Waals surface area (Å²) in [7, 11) is 0. The highest BCUT2D eigenvalue weighted by Gasteiger charge is 2.19. The first-order valence-electron chi connectivity index (χ1n) is 7.29. The molecule has 7 heteroatoms. The van der Waals surface area contributed by atoms with Crippen molar-refractivity contribution < 1.29 is 14.1 Å². The van der Waals surface area contributed by atoms with Crippen LogP contribution in [0.3, 0.4) is 0 Å². The van der Waals surface area contributed by atoms with Crippen LogP contribution in [0.5, 0.6) is 0 Å². The molecule has 3 N–H and O–H groups in total. The van der Waals surface area contributed by atoms with E-state index >= 15 is 0 Å². The highest BCUT2D eigenvalue weighted by molar-refractivity contribution is 5.95. The number of fused-ring (bicyclic) bond motifs is 1. The van der Waals surface area contributed by atoms with Gasteiger partial charge in [-0.2, -0.15) is 0 Å². The monoisotopic (exact) mass is 325 g/mol. The molecule has 1 heterocycles. The van der Waals surface area contributed by atoms with Gasteiger partial charge in [0.15, 0.2) is 0 Å². The summed E-state index contributed by atoms with van der Waals surface area (Å²) in [6.07, 6.45) is 0. The number of nitrogens with one attached hydrogen (secondary N) is 1. The minimum Gasteiger partial charge on any atom is -0.459 e. The number of furan rings is 1. The largest absolute Gasteiger partial charge is 0.459 e. The lowest BCUT2D eigenvalue weighted by atomic mass is 10.1. The van der Waals surface area contributed by atoms with Gasteiger partial charge in [0.1, 0.15) is 17.0 Å². The first-order chi connectivity index (χ1) is 11.5. The van der Waals surface area contributed by atoms with Gasteiger partial charge in [0.2, 0.25) is 0 Å². The number of nitro benzene ring substituents is 1. The maximum atomic E-state index is 12.3. The summed E-state index contributed by atoms with van der Waals surface area (Å²) >= 11 is 0. The van der Waals surface area contributed by atoms with E-state index in [4.69, 9.17) is 10.2 Å². The van der Waals surface area contributed by atoms with Gasteiger partial charge in [-0.1, -0.05) is 18.2 Å². The molecule has 7 nitrogen and oxygen atoms in total. The van der Waals surface area contributed by atoms with E-state index in [1.54, 1.807) is 6.92 Å². The van der Waals surface area contributed by atoms with Crippen LogP contribution in [-0.2, 0) is 0 Å². The first kappa shape index (κ1) is 15.5. The lowest BCUT2D eigenvalue weighted by Crippen LogP contribution is -2.26. The summed E-state index contributed by atoms with van der Waals surface area (Å²) in [6.45, 7) is 1.78. The summed E-state index contributed by atoms with van der Waals surface area (Å²) in [4.78, 5) is 22.6. The molecule has 0 bridgehead atoms. The molecule has 1 atom stereocenters. The minimum atomic E-state index is -0.616. The predicted octanol–water partition coefficient (Wildman–Crippen LogP) is 3.41. The van der Waals surface area contributed by atoms with Gasteiger partial charge in [0, 0.05) is 17.0 Å². The fourth-order valence-electron chi connectivity index (χ4n) is 2.41. The number of hydrogen-bond acceptors (Lipinski definition) is 5. The molecule has 0 aliphatic heterocycles. The van der Waals surface area contributed by atoms with Crippen LogP contribution in [0.15, 0.2) is 52.9 Å². The highest BCUT2D eigenvalue weighted by atomic mass is 16.6. The Morgan fingerprint density at radius 1 is 1.25 bits per heavy atom. The fraction of sp³-hybridized carbons (Fsp3) is 0.118. The maximum absolute atomic E-state index is 12.3. The van der Waals surface area contributed by atoms with E-state index in [1.165, 1.54) is 12.1 Å². The van der Waals surface area contributed by atoms with Crippen LogP contribution >= 0.6 is 0 Å². The smallest absolute Gasteiger partial charge is 0.292 e. The second-order valence-electron chi connectivity index (χ2n) is 5.41. The number of para-hydroxylation sites is 1. The number of nitrogens with two attached hydrogens (primary N) is 1. The molecule has 0 saturated heterocycles. The topological polar surface area (TPSA) is 111 Å². The lowest BCUT2D eigenvalue weighted by Gasteiger charge is -2.11. The molecular weight excluding hydrogens is 310 g/mol. The molecule has 0 aliphatic rings. The van der Waals surface area contributed by atoms with E-state index in [9.17, 15) is 14.9 Å². The Hall–Kier alpha value is -3.35. The predicted molar refractivity (Wildman–Crippen MR) is 89.6 cm³/mol. The second-order valence-corrected chi connectivity index (χ2v) is 5.41. The van der Waals surface area contributed by atoms with E-state index in [2.05, 4.69) is 5.32 Å². The SMILES string of the molecule is C[C@H](NC(=O)c1ccc(N)c([N+](=O)[O-])c1)c1cc2ccccc2o1. The van der Waals surface area contributed by atoms with Crippen LogP contribution in [-0.4, -0.2) is 10.8 Å². The molecule has 1 amide bonds. The van der Waals surface area contributed by atoms with Crippen LogP contribution in [0, 0.1) is 10.1 Å². The van der Waals surface area contributed by atoms with Gasteiger partial charge in [-0.3, -0.25) is 14.9 Å². The number of carbonyl (C=O) groups is 1. The van der Waals surface area contributed by atoms with Crippen molar-refractivity contribution in [2.75, 3.05) is 5.73 Å². The Bertz CT molecular complexity index is 899. The summed E-state index contributed by atoms with van der Waals surface area (Å²) in [5, 5.41) is 14.6. The van der Waals surface area contributed by atoms with Crippen LogP contribution in [0.25, 0.3) is 11.0 Å². The van der Waals surface area contributed by atoms with Crippen molar-refractivity contribution in [1.29, 1.82) is 0 Å². The van der Waals surface area contributed by atoms with Crippen molar-refractivity contribution in [2.45, 2.75) is 13.0 Å². The van der Waals surface area contributed by atoms with E-state index in [-0.39, 0.29) is 23.0 Å². The molecule has 0 unspecified atom stereocenters. The van der Waals surface area contributed by atoms with Gasteiger partial charge in [-0.05, 0) is 31.2 Å². The number of anilines is 1. The molecule has 0 fully saturated rings. The number of benzene rings is 2. The molecule has 122 valence electrons. The average Bonchev–Trinajstić information content (AvgIpc) is 2.99. The van der Waals surface area contributed by atoms with Crippen molar-refractivity contribution in [3.8, 4) is 0 Å². The maximum Gasteiger partial charge on any atom is 0.292 e. The van der Waals surface area contributed by atoms with Crippen molar-refractivity contribution in [1.82, 2.24) is 5.32 Å². The molecule has 0 spiro atoms. The number of hydrogen-bond donors (Lipinski definition) is 2. The third kappa shape index (κ3) is 2.91. The standard InChI is InChI=1S/C17H15N3O4/c1-10(16-9-11-4-2-3-5-15(11)24-16)19-17(21)12-6-7-13(18)14(8-12)20(22)23/h2-10H,18H2,1H3,(H,19,21)/t10-/m0/s1. The molecular formula is C17H15N3O4. The van der Waals surface area contributed by atoms with Gasteiger partial charge >= 0.3 is 0 Å². The van der Waals surface area contributed by atoms with E-state index in [0.29, 0.717) is 5.76 Å². The number of amides is 1. The Morgan fingerprint density at radius 2 is 2.00 bits per heavy atom. The molecule has 3 aromatic rings. The molecule has 2 aromatic carbocycles. The Balaban J connectivity index is 1.81. The third-order valence-corrected chi connectivity index (χ3v) is 3.71. The Morgan fingerprint density at radius 3 is 2.71 bits per heavy atom. The third-order valence-electron chi connectivity index (χ3n) is 3.71. The van der Waals surface area contributed by atoms with E-state index < -0.39 is 10.8 Å². The van der Waals surface area contributed by atoms with E-state index in [0.717, 1.165) is 17.0 Å². The van der Waals surface area contributed by atoms with Gasteiger partial charge in [0.05, 0.1) is 11.0 Å². The first-order valence-corrected chi connectivity index (χ1v) is 7.29. The molecule has 0 aliphatic carbocycles. The number of nitrogen functional groups attached to an aromatic ring is 1. The van der Waals surface area contributed by atoms with Crippen LogP contribution in [0.2, 0.25) is 0 Å². The zero-order chi connectivity index (χ0) is 17.3. The Kier molecular flexibility index (Phi) is 3.91. The normalized spacial score (nSPS) is 12.0. The molecule has 3 rings (SSSR count). The quantitative estimate of drug-likeness (QED) is 0.434. The van der Waals surface area contributed by atoms with Crippen molar-refractivity contribution in [3.05, 3.63) is 70.0 Å². The number of carbonyl (C=O) groups excluding carboxylic acids is 1.